The van der Waals surface area contributed by atoms with Gasteiger partial charge in [0, 0.05) is 52.0 Å². The van der Waals surface area contributed by atoms with E-state index in [0.717, 1.165) is 28.9 Å². The lowest BCUT2D eigenvalue weighted by molar-refractivity contribution is -0.131. The molecule has 0 aliphatic carbocycles. The van der Waals surface area contributed by atoms with Crippen LogP contribution in [0.15, 0.2) is 42.5 Å². The summed E-state index contributed by atoms with van der Waals surface area (Å²) < 4.78 is 0. The molecule has 2 atom stereocenters. The van der Waals surface area contributed by atoms with Crippen LogP contribution in [0.3, 0.4) is 0 Å². The molecule has 8 heteroatoms. The monoisotopic (exact) mass is 464 g/mol. The van der Waals surface area contributed by atoms with Crippen LogP contribution in [0.1, 0.15) is 39.5 Å². The molecule has 2 aromatic carbocycles. The van der Waals surface area contributed by atoms with Gasteiger partial charge in [0.1, 0.15) is 0 Å². The van der Waals surface area contributed by atoms with E-state index in [2.05, 4.69) is 10.2 Å². The summed E-state index contributed by atoms with van der Waals surface area (Å²) in [5, 5.41) is 12.8. The number of likely N-dealkylation sites (N-methyl/N-ethyl adjacent to an activating group) is 1. The fourth-order valence-electron chi connectivity index (χ4n) is 4.66. The van der Waals surface area contributed by atoms with E-state index in [4.69, 9.17) is 0 Å². The molecule has 0 radical (unpaired) electrons. The maximum absolute atomic E-state index is 13.4. The van der Waals surface area contributed by atoms with E-state index in [1.807, 2.05) is 36.4 Å². The Kier molecular flexibility index (Phi) is 7.00. The van der Waals surface area contributed by atoms with Crippen LogP contribution in [0.5, 0.6) is 0 Å². The van der Waals surface area contributed by atoms with Crippen molar-refractivity contribution in [3.8, 4) is 0 Å². The Hall–Kier alpha value is -3.23. The van der Waals surface area contributed by atoms with Crippen LogP contribution in [0, 0.1) is 0 Å². The number of benzene rings is 2. The lowest BCUT2D eigenvalue weighted by Crippen LogP contribution is -2.39. The Labute approximate surface area is 200 Å². The van der Waals surface area contributed by atoms with Gasteiger partial charge < -0.3 is 20.2 Å². The third-order valence-corrected chi connectivity index (χ3v) is 6.62. The standard InChI is InChI=1S/C26H32N4O4/c1-28(2)26(34)20-6-4-5-19(13-20)23(16-30-10-9-21(31)15-30)29(3)25(33)12-17-7-8-18-14-24(32)27-22(18)11-17/h4-8,11,13,21,23,31H,9-10,12,14-16H2,1-3H3,(H,27,32)/t21-,23+/m0/s1. The largest absolute Gasteiger partial charge is 0.392 e. The molecule has 1 saturated heterocycles. The first-order chi connectivity index (χ1) is 16.2. The molecule has 2 N–H and O–H groups in total. The van der Waals surface area contributed by atoms with E-state index >= 15 is 0 Å². The van der Waals surface area contributed by atoms with E-state index in [1.165, 1.54) is 4.90 Å². The summed E-state index contributed by atoms with van der Waals surface area (Å²) >= 11 is 0. The summed E-state index contributed by atoms with van der Waals surface area (Å²) in [6.07, 6.45) is 0.930. The molecule has 0 spiro atoms. The Morgan fingerprint density at radius 1 is 1.18 bits per heavy atom. The molecular formula is C26H32N4O4. The Bertz CT molecular complexity index is 1100. The zero-order valence-corrected chi connectivity index (χ0v) is 20.0. The van der Waals surface area contributed by atoms with Crippen LogP contribution in [0.2, 0.25) is 0 Å². The molecule has 2 aromatic rings. The maximum atomic E-state index is 13.4. The van der Waals surface area contributed by atoms with Gasteiger partial charge in [0.25, 0.3) is 5.91 Å². The van der Waals surface area contributed by atoms with Crippen molar-refractivity contribution in [3.05, 3.63) is 64.7 Å². The molecule has 180 valence electrons. The summed E-state index contributed by atoms with van der Waals surface area (Å²) in [5.41, 5.74) is 4.01. The number of amides is 3. The second kappa shape index (κ2) is 9.95. The lowest BCUT2D eigenvalue weighted by Gasteiger charge is -2.32. The molecule has 2 aliphatic heterocycles. The van der Waals surface area contributed by atoms with Gasteiger partial charge in [-0.3, -0.25) is 19.3 Å². The van der Waals surface area contributed by atoms with Gasteiger partial charge in [-0.2, -0.15) is 0 Å². The van der Waals surface area contributed by atoms with Crippen molar-refractivity contribution in [1.82, 2.24) is 14.7 Å². The van der Waals surface area contributed by atoms with Gasteiger partial charge in [-0.15, -0.1) is 0 Å². The molecule has 0 aromatic heterocycles. The molecular weight excluding hydrogens is 432 g/mol. The van der Waals surface area contributed by atoms with E-state index in [9.17, 15) is 19.5 Å². The van der Waals surface area contributed by atoms with Crippen LogP contribution in [0.25, 0.3) is 0 Å². The highest BCUT2D eigenvalue weighted by atomic mass is 16.3. The van der Waals surface area contributed by atoms with Crippen molar-refractivity contribution in [2.24, 2.45) is 0 Å². The van der Waals surface area contributed by atoms with Gasteiger partial charge in [-0.1, -0.05) is 24.3 Å². The van der Waals surface area contributed by atoms with Gasteiger partial charge in [-0.05, 0) is 41.3 Å². The molecule has 2 aliphatic rings. The maximum Gasteiger partial charge on any atom is 0.253 e. The van der Waals surface area contributed by atoms with Crippen molar-refractivity contribution < 1.29 is 19.5 Å². The summed E-state index contributed by atoms with van der Waals surface area (Å²) in [4.78, 5) is 43.0. The number of carbonyl (C=O) groups excluding carboxylic acids is 3. The average molecular weight is 465 g/mol. The molecule has 1 fully saturated rings. The first-order valence-corrected chi connectivity index (χ1v) is 11.6. The first kappa shape index (κ1) is 23.9. The van der Waals surface area contributed by atoms with Crippen LogP contribution in [-0.2, 0) is 22.4 Å². The SMILES string of the molecule is CN(C)C(=O)c1cccc([C@@H](CN2CC[C@H](O)C2)N(C)C(=O)Cc2ccc3c(c2)NC(=O)C3)c1. The number of aliphatic hydroxyl groups excluding tert-OH is 1. The van der Waals surface area contributed by atoms with Crippen LogP contribution < -0.4 is 5.32 Å². The van der Waals surface area contributed by atoms with Crippen molar-refractivity contribution in [2.75, 3.05) is 46.1 Å². The fraction of sp³-hybridized carbons (Fsp3) is 0.423. The molecule has 3 amide bonds. The zero-order chi connectivity index (χ0) is 24.4. The molecule has 0 bridgehead atoms. The second-order valence-corrected chi connectivity index (χ2v) is 9.44. The van der Waals surface area contributed by atoms with Crippen molar-refractivity contribution in [1.29, 1.82) is 0 Å². The van der Waals surface area contributed by atoms with Crippen LogP contribution in [-0.4, -0.2) is 84.4 Å². The summed E-state index contributed by atoms with van der Waals surface area (Å²) in [7, 11) is 5.22. The number of fused-ring (bicyclic) bond motifs is 1. The lowest BCUT2D eigenvalue weighted by atomic mass is 10.0. The molecule has 4 rings (SSSR count). The van der Waals surface area contributed by atoms with Crippen molar-refractivity contribution in [2.45, 2.75) is 31.4 Å². The Morgan fingerprint density at radius 2 is 1.97 bits per heavy atom. The quantitative estimate of drug-likeness (QED) is 0.651. The molecule has 34 heavy (non-hydrogen) atoms. The highest BCUT2D eigenvalue weighted by Gasteiger charge is 2.29. The van der Waals surface area contributed by atoms with Gasteiger partial charge in [0.15, 0.2) is 0 Å². The normalized spacial score (nSPS) is 18.4. The number of carbonyl (C=O) groups is 3. The highest BCUT2D eigenvalue weighted by Crippen LogP contribution is 2.27. The number of anilines is 1. The fourth-order valence-corrected chi connectivity index (χ4v) is 4.66. The number of nitrogens with zero attached hydrogens (tertiary/aromatic N) is 3. The minimum Gasteiger partial charge on any atom is -0.392 e. The Balaban J connectivity index is 1.56. The zero-order valence-electron chi connectivity index (χ0n) is 20.0. The number of hydrogen-bond donors (Lipinski definition) is 2. The second-order valence-electron chi connectivity index (χ2n) is 9.44. The van der Waals surface area contributed by atoms with E-state index in [0.29, 0.717) is 31.5 Å². The minimum absolute atomic E-state index is 0.0318. The smallest absolute Gasteiger partial charge is 0.253 e. The number of β-amino-alcohol motifs (C(OH)–C–C–N with tert-alkyl or cyclic N) is 1. The first-order valence-electron chi connectivity index (χ1n) is 11.6. The van der Waals surface area contributed by atoms with E-state index in [1.54, 1.807) is 32.1 Å². The molecule has 0 unspecified atom stereocenters. The van der Waals surface area contributed by atoms with Gasteiger partial charge in [0.2, 0.25) is 11.8 Å². The van der Waals surface area contributed by atoms with E-state index < -0.39 is 0 Å². The molecule has 2 heterocycles. The number of nitrogens with one attached hydrogen (secondary N) is 1. The summed E-state index contributed by atoms with van der Waals surface area (Å²) in [6.45, 7) is 1.90. The van der Waals surface area contributed by atoms with Crippen molar-refractivity contribution in [3.63, 3.8) is 0 Å². The third kappa shape index (κ3) is 5.29. The average Bonchev–Trinajstić information content (AvgIpc) is 3.39. The number of likely N-dealkylation sites (tertiary alicyclic amines) is 1. The van der Waals surface area contributed by atoms with Crippen LogP contribution in [0.4, 0.5) is 5.69 Å². The minimum atomic E-state index is -0.357. The predicted molar refractivity (Wildman–Crippen MR) is 130 cm³/mol. The number of aliphatic hydroxyl groups is 1. The third-order valence-electron chi connectivity index (χ3n) is 6.62. The topological polar surface area (TPSA) is 93.2 Å². The Morgan fingerprint density at radius 3 is 2.68 bits per heavy atom. The van der Waals surface area contributed by atoms with Gasteiger partial charge in [0.05, 0.1) is 25.0 Å². The highest BCUT2D eigenvalue weighted by molar-refractivity contribution is 5.99. The van der Waals surface area contributed by atoms with Gasteiger partial charge in [-0.25, -0.2) is 0 Å². The van der Waals surface area contributed by atoms with Crippen LogP contribution >= 0.6 is 0 Å². The number of hydrogen-bond acceptors (Lipinski definition) is 5. The van der Waals surface area contributed by atoms with Crippen molar-refractivity contribution >= 4 is 23.4 Å². The molecule has 0 saturated carbocycles. The number of rotatable bonds is 7. The molecule has 8 nitrogen and oxygen atoms in total. The predicted octanol–water partition coefficient (Wildman–Crippen LogP) is 1.69. The summed E-state index contributed by atoms with van der Waals surface area (Å²) in [6, 6.07) is 12.8. The summed E-state index contributed by atoms with van der Waals surface area (Å²) in [5.74, 6) is -0.180. The van der Waals surface area contributed by atoms with Gasteiger partial charge >= 0.3 is 0 Å². The van der Waals surface area contributed by atoms with E-state index in [-0.39, 0.29) is 36.3 Å².